The van der Waals surface area contributed by atoms with Gasteiger partial charge in [-0.25, -0.2) is 4.98 Å². The summed E-state index contributed by atoms with van der Waals surface area (Å²) in [6.45, 7) is 4.21. The van der Waals surface area contributed by atoms with Gasteiger partial charge in [-0.2, -0.15) is 4.98 Å². The minimum atomic E-state index is 0.582. The van der Waals surface area contributed by atoms with Crippen LogP contribution in [0.3, 0.4) is 0 Å². The summed E-state index contributed by atoms with van der Waals surface area (Å²) in [5.74, 6) is 2.88. The Morgan fingerprint density at radius 2 is 2.24 bits per heavy atom. The standard InChI is InChI=1S/C12H19N3O2/c1-9-14-11(7-12(15-9)16-2)13-5-6-17-8-10-3-4-10/h7,10H,3-6,8H2,1-2H3,(H,13,14,15). The maximum absolute atomic E-state index is 5.53. The summed E-state index contributed by atoms with van der Waals surface area (Å²) >= 11 is 0. The van der Waals surface area contributed by atoms with Gasteiger partial charge in [-0.3, -0.25) is 0 Å². The highest BCUT2D eigenvalue weighted by molar-refractivity contribution is 5.38. The Morgan fingerprint density at radius 1 is 1.41 bits per heavy atom. The monoisotopic (exact) mass is 237 g/mol. The van der Waals surface area contributed by atoms with Crippen LogP contribution in [0.15, 0.2) is 6.07 Å². The first kappa shape index (κ1) is 12.1. The number of nitrogens with zero attached hydrogens (tertiary/aromatic N) is 2. The third-order valence-electron chi connectivity index (χ3n) is 2.63. The molecule has 1 saturated carbocycles. The summed E-state index contributed by atoms with van der Waals surface area (Å²) < 4.78 is 10.6. The molecule has 5 nitrogen and oxygen atoms in total. The van der Waals surface area contributed by atoms with Crippen molar-refractivity contribution >= 4 is 5.82 Å². The number of rotatable bonds is 7. The fourth-order valence-corrected chi connectivity index (χ4v) is 1.52. The van der Waals surface area contributed by atoms with Gasteiger partial charge in [0.2, 0.25) is 5.88 Å². The highest BCUT2D eigenvalue weighted by Gasteiger charge is 2.20. The fourth-order valence-electron chi connectivity index (χ4n) is 1.52. The van der Waals surface area contributed by atoms with E-state index < -0.39 is 0 Å². The zero-order valence-electron chi connectivity index (χ0n) is 10.4. The molecule has 0 saturated heterocycles. The minimum Gasteiger partial charge on any atom is -0.481 e. The second kappa shape index (κ2) is 5.82. The molecule has 1 heterocycles. The van der Waals surface area contributed by atoms with Gasteiger partial charge in [0, 0.05) is 19.2 Å². The van der Waals surface area contributed by atoms with Crippen LogP contribution >= 0.6 is 0 Å². The van der Waals surface area contributed by atoms with Crippen molar-refractivity contribution in [2.45, 2.75) is 19.8 Å². The quantitative estimate of drug-likeness (QED) is 0.730. The Labute approximate surface area is 102 Å². The Balaban J connectivity index is 1.71. The van der Waals surface area contributed by atoms with Gasteiger partial charge in [-0.1, -0.05) is 0 Å². The maximum Gasteiger partial charge on any atom is 0.218 e. The lowest BCUT2D eigenvalue weighted by molar-refractivity contribution is 0.134. The average Bonchev–Trinajstić information content (AvgIpc) is 3.12. The lowest BCUT2D eigenvalue weighted by atomic mass is 10.5. The van der Waals surface area contributed by atoms with Crippen molar-refractivity contribution in [1.29, 1.82) is 0 Å². The van der Waals surface area contributed by atoms with E-state index in [1.807, 2.05) is 6.92 Å². The van der Waals surface area contributed by atoms with E-state index >= 15 is 0 Å². The zero-order chi connectivity index (χ0) is 12.1. The number of hydrogen-bond acceptors (Lipinski definition) is 5. The second-order valence-corrected chi connectivity index (χ2v) is 4.29. The van der Waals surface area contributed by atoms with Crippen LogP contribution < -0.4 is 10.1 Å². The first-order chi connectivity index (χ1) is 8.28. The second-order valence-electron chi connectivity index (χ2n) is 4.29. The molecule has 0 amide bonds. The van der Waals surface area contributed by atoms with Crippen molar-refractivity contribution in [3.05, 3.63) is 11.9 Å². The summed E-state index contributed by atoms with van der Waals surface area (Å²) in [6, 6.07) is 1.79. The summed E-state index contributed by atoms with van der Waals surface area (Å²) in [7, 11) is 1.60. The molecule has 1 fully saturated rings. The molecular formula is C12H19N3O2. The molecule has 1 aromatic heterocycles. The summed E-state index contributed by atoms with van der Waals surface area (Å²) in [5, 5.41) is 3.20. The molecule has 94 valence electrons. The number of methoxy groups -OCH3 is 1. The largest absolute Gasteiger partial charge is 0.481 e. The molecule has 0 aliphatic heterocycles. The molecule has 0 unspecified atom stereocenters. The van der Waals surface area contributed by atoms with Crippen molar-refractivity contribution in [2.24, 2.45) is 5.92 Å². The molecule has 1 aromatic rings. The zero-order valence-corrected chi connectivity index (χ0v) is 10.4. The lowest BCUT2D eigenvalue weighted by Crippen LogP contribution is -2.12. The van der Waals surface area contributed by atoms with E-state index in [0.717, 1.165) is 24.9 Å². The van der Waals surface area contributed by atoms with Crippen molar-refractivity contribution in [3.63, 3.8) is 0 Å². The van der Waals surface area contributed by atoms with E-state index in [4.69, 9.17) is 9.47 Å². The smallest absolute Gasteiger partial charge is 0.218 e. The predicted octanol–water partition coefficient (Wildman–Crippen LogP) is 1.63. The minimum absolute atomic E-state index is 0.582. The molecule has 0 aromatic carbocycles. The van der Waals surface area contributed by atoms with E-state index in [0.29, 0.717) is 18.3 Å². The summed E-state index contributed by atoms with van der Waals surface area (Å²) in [6.07, 6.45) is 2.66. The van der Waals surface area contributed by atoms with E-state index in [9.17, 15) is 0 Å². The molecule has 1 aliphatic carbocycles. The third-order valence-corrected chi connectivity index (χ3v) is 2.63. The first-order valence-corrected chi connectivity index (χ1v) is 5.99. The van der Waals surface area contributed by atoms with E-state index in [1.165, 1.54) is 12.8 Å². The van der Waals surface area contributed by atoms with Crippen LogP contribution in [0.1, 0.15) is 18.7 Å². The third kappa shape index (κ3) is 4.19. The first-order valence-electron chi connectivity index (χ1n) is 5.99. The van der Waals surface area contributed by atoms with Gasteiger partial charge in [0.15, 0.2) is 0 Å². The molecule has 1 N–H and O–H groups in total. The van der Waals surface area contributed by atoms with Gasteiger partial charge in [0.25, 0.3) is 0 Å². The Bertz CT molecular complexity index is 367. The van der Waals surface area contributed by atoms with Crippen molar-refractivity contribution in [1.82, 2.24) is 9.97 Å². The topological polar surface area (TPSA) is 56.3 Å². The molecule has 0 bridgehead atoms. The van der Waals surface area contributed by atoms with Gasteiger partial charge >= 0.3 is 0 Å². The summed E-state index contributed by atoms with van der Waals surface area (Å²) in [4.78, 5) is 8.39. The van der Waals surface area contributed by atoms with Crippen LogP contribution in [0.25, 0.3) is 0 Å². The highest BCUT2D eigenvalue weighted by atomic mass is 16.5. The predicted molar refractivity (Wildman–Crippen MR) is 65.4 cm³/mol. The average molecular weight is 237 g/mol. The van der Waals surface area contributed by atoms with Gasteiger partial charge in [0.1, 0.15) is 11.6 Å². The van der Waals surface area contributed by atoms with Crippen LogP contribution in [0, 0.1) is 12.8 Å². The SMILES string of the molecule is COc1cc(NCCOCC2CC2)nc(C)n1. The lowest BCUT2D eigenvalue weighted by Gasteiger charge is -2.08. The molecule has 2 rings (SSSR count). The van der Waals surface area contributed by atoms with Crippen molar-refractivity contribution in [3.8, 4) is 5.88 Å². The molecule has 0 spiro atoms. The van der Waals surface area contributed by atoms with Crippen LogP contribution in [0.4, 0.5) is 5.82 Å². The number of ether oxygens (including phenoxy) is 2. The highest BCUT2D eigenvalue weighted by Crippen LogP contribution is 2.28. The Morgan fingerprint density at radius 3 is 2.94 bits per heavy atom. The van der Waals surface area contributed by atoms with E-state index in [2.05, 4.69) is 15.3 Å². The number of hydrogen-bond donors (Lipinski definition) is 1. The van der Waals surface area contributed by atoms with Gasteiger partial charge in [-0.05, 0) is 25.7 Å². The fraction of sp³-hybridized carbons (Fsp3) is 0.667. The normalized spacial score (nSPS) is 14.7. The van der Waals surface area contributed by atoms with Crippen molar-refractivity contribution < 1.29 is 9.47 Å². The van der Waals surface area contributed by atoms with Crippen LogP contribution in [0.2, 0.25) is 0 Å². The van der Waals surface area contributed by atoms with Crippen molar-refractivity contribution in [2.75, 3.05) is 32.2 Å². The van der Waals surface area contributed by atoms with Gasteiger partial charge < -0.3 is 14.8 Å². The molecule has 0 radical (unpaired) electrons. The van der Waals surface area contributed by atoms with Crippen LogP contribution in [-0.4, -0.2) is 36.8 Å². The van der Waals surface area contributed by atoms with E-state index in [1.54, 1.807) is 13.2 Å². The van der Waals surface area contributed by atoms with Gasteiger partial charge in [0.05, 0.1) is 13.7 Å². The maximum atomic E-state index is 5.53. The molecule has 0 atom stereocenters. The summed E-state index contributed by atoms with van der Waals surface area (Å²) in [5.41, 5.74) is 0. The molecular weight excluding hydrogens is 218 g/mol. The number of nitrogens with one attached hydrogen (secondary N) is 1. The van der Waals surface area contributed by atoms with E-state index in [-0.39, 0.29) is 0 Å². The molecule has 5 heteroatoms. The number of aryl methyl sites for hydroxylation is 1. The number of aromatic nitrogens is 2. The Hall–Kier alpha value is -1.36. The van der Waals surface area contributed by atoms with Crippen LogP contribution in [-0.2, 0) is 4.74 Å². The molecule has 17 heavy (non-hydrogen) atoms. The van der Waals surface area contributed by atoms with Crippen LogP contribution in [0.5, 0.6) is 5.88 Å². The van der Waals surface area contributed by atoms with Gasteiger partial charge in [-0.15, -0.1) is 0 Å². The number of anilines is 1. The Kier molecular flexibility index (Phi) is 4.14. The molecule has 1 aliphatic rings.